The van der Waals surface area contributed by atoms with Crippen LogP contribution in [0.3, 0.4) is 0 Å². The van der Waals surface area contributed by atoms with Gasteiger partial charge in [0.05, 0.1) is 11.6 Å². The molecule has 0 bridgehead atoms. The largest absolute Gasteiger partial charge is 0.507 e. The highest BCUT2D eigenvalue weighted by Crippen LogP contribution is 2.32. The van der Waals surface area contributed by atoms with Crippen molar-refractivity contribution in [2.75, 3.05) is 0 Å². The summed E-state index contributed by atoms with van der Waals surface area (Å²) in [6.45, 7) is 3.90. The first-order valence-corrected chi connectivity index (χ1v) is 7.39. The van der Waals surface area contributed by atoms with Crippen LogP contribution in [0, 0.1) is 13.8 Å². The highest BCUT2D eigenvalue weighted by molar-refractivity contribution is 6.46. The van der Waals surface area contributed by atoms with Gasteiger partial charge in [-0.05, 0) is 19.4 Å². The molecular formula is C19H17NO3. The van der Waals surface area contributed by atoms with E-state index < -0.39 is 17.7 Å². The summed E-state index contributed by atoms with van der Waals surface area (Å²) in [5, 5.41) is 13.2. The Kier molecular flexibility index (Phi) is 3.74. The molecule has 0 saturated carbocycles. The van der Waals surface area contributed by atoms with Gasteiger partial charge in [-0.1, -0.05) is 59.7 Å². The van der Waals surface area contributed by atoms with Gasteiger partial charge in [0.2, 0.25) is 0 Å². The number of ketones is 1. The molecule has 4 heteroatoms. The molecule has 1 aliphatic heterocycles. The zero-order chi connectivity index (χ0) is 16.6. The molecule has 2 aromatic rings. The number of hydrogen-bond donors (Lipinski definition) is 2. The average molecular weight is 307 g/mol. The number of carbonyl (C=O) groups excluding carboxylic acids is 2. The topological polar surface area (TPSA) is 66.4 Å². The van der Waals surface area contributed by atoms with Gasteiger partial charge in [-0.2, -0.15) is 0 Å². The minimum absolute atomic E-state index is 0.0997. The lowest BCUT2D eigenvalue weighted by Crippen LogP contribution is -2.21. The average Bonchev–Trinajstić information content (AvgIpc) is 2.84. The van der Waals surface area contributed by atoms with Crippen LogP contribution in [-0.2, 0) is 9.59 Å². The maximum Gasteiger partial charge on any atom is 0.293 e. The summed E-state index contributed by atoms with van der Waals surface area (Å²) < 4.78 is 0. The fourth-order valence-corrected chi connectivity index (χ4v) is 2.64. The number of rotatable bonds is 2. The number of aryl methyl sites for hydroxylation is 2. The quantitative estimate of drug-likeness (QED) is 0.509. The summed E-state index contributed by atoms with van der Waals surface area (Å²) in [6.07, 6.45) is 0. The Bertz CT molecular complexity index is 802. The molecule has 1 aliphatic rings. The van der Waals surface area contributed by atoms with E-state index >= 15 is 0 Å². The van der Waals surface area contributed by atoms with Gasteiger partial charge in [0.15, 0.2) is 0 Å². The molecule has 0 aliphatic carbocycles. The summed E-state index contributed by atoms with van der Waals surface area (Å²) in [5.74, 6) is -1.53. The van der Waals surface area contributed by atoms with Crippen molar-refractivity contribution in [2.45, 2.75) is 19.9 Å². The number of aliphatic hydroxyl groups excluding tert-OH is 1. The Morgan fingerprint density at radius 1 is 0.913 bits per heavy atom. The van der Waals surface area contributed by atoms with Crippen LogP contribution in [0.2, 0.25) is 0 Å². The first-order chi connectivity index (χ1) is 11.0. The van der Waals surface area contributed by atoms with E-state index in [-0.39, 0.29) is 11.3 Å². The lowest BCUT2D eigenvalue weighted by atomic mass is 9.95. The molecule has 116 valence electrons. The number of amides is 1. The summed E-state index contributed by atoms with van der Waals surface area (Å²) >= 11 is 0. The Hall–Kier alpha value is -2.88. The molecule has 1 fully saturated rings. The second-order valence-corrected chi connectivity index (χ2v) is 5.77. The molecule has 1 heterocycles. The SMILES string of the molecule is Cc1ccc(/C(O)=C2/C(=O)C(=O)NC2c2ccc(C)cc2)cc1. The van der Waals surface area contributed by atoms with Gasteiger partial charge in [0.1, 0.15) is 5.76 Å². The van der Waals surface area contributed by atoms with Gasteiger partial charge < -0.3 is 10.4 Å². The minimum atomic E-state index is -0.691. The van der Waals surface area contributed by atoms with Crippen LogP contribution < -0.4 is 5.32 Å². The predicted molar refractivity (Wildman–Crippen MR) is 87.8 cm³/mol. The molecule has 1 amide bonds. The molecule has 2 N–H and O–H groups in total. The van der Waals surface area contributed by atoms with Crippen LogP contribution >= 0.6 is 0 Å². The van der Waals surface area contributed by atoms with E-state index in [9.17, 15) is 14.7 Å². The van der Waals surface area contributed by atoms with Crippen LogP contribution in [-0.4, -0.2) is 16.8 Å². The molecule has 0 radical (unpaired) electrons. The van der Waals surface area contributed by atoms with Crippen molar-refractivity contribution >= 4 is 17.4 Å². The molecule has 3 rings (SSSR count). The second-order valence-electron chi connectivity index (χ2n) is 5.77. The van der Waals surface area contributed by atoms with Crippen molar-refractivity contribution in [3.05, 3.63) is 76.4 Å². The van der Waals surface area contributed by atoms with E-state index in [1.165, 1.54) is 0 Å². The van der Waals surface area contributed by atoms with Crippen molar-refractivity contribution in [1.82, 2.24) is 5.32 Å². The summed E-state index contributed by atoms with van der Waals surface area (Å²) in [5.41, 5.74) is 3.52. The van der Waals surface area contributed by atoms with Crippen LogP contribution in [0.15, 0.2) is 54.1 Å². The van der Waals surface area contributed by atoms with Crippen molar-refractivity contribution in [3.8, 4) is 0 Å². The van der Waals surface area contributed by atoms with E-state index in [0.29, 0.717) is 5.56 Å². The smallest absolute Gasteiger partial charge is 0.293 e. The lowest BCUT2D eigenvalue weighted by molar-refractivity contribution is -0.133. The Balaban J connectivity index is 2.10. The molecule has 0 aromatic heterocycles. The molecule has 2 aromatic carbocycles. The van der Waals surface area contributed by atoms with Crippen molar-refractivity contribution in [2.24, 2.45) is 0 Å². The fraction of sp³-hybridized carbons (Fsp3) is 0.158. The van der Waals surface area contributed by atoms with Crippen LogP contribution in [0.5, 0.6) is 0 Å². The van der Waals surface area contributed by atoms with Gasteiger partial charge in [-0.25, -0.2) is 0 Å². The van der Waals surface area contributed by atoms with E-state index in [4.69, 9.17) is 0 Å². The van der Waals surface area contributed by atoms with Gasteiger partial charge >= 0.3 is 0 Å². The summed E-state index contributed by atoms with van der Waals surface area (Å²) in [7, 11) is 0. The van der Waals surface area contributed by atoms with E-state index in [2.05, 4.69) is 5.32 Å². The van der Waals surface area contributed by atoms with Crippen molar-refractivity contribution < 1.29 is 14.7 Å². The number of hydrogen-bond acceptors (Lipinski definition) is 3. The van der Waals surface area contributed by atoms with Gasteiger partial charge in [-0.3, -0.25) is 9.59 Å². The van der Waals surface area contributed by atoms with Gasteiger partial charge in [-0.15, -0.1) is 0 Å². The van der Waals surface area contributed by atoms with E-state index in [1.54, 1.807) is 12.1 Å². The molecular weight excluding hydrogens is 290 g/mol. The molecule has 1 unspecified atom stereocenters. The minimum Gasteiger partial charge on any atom is -0.507 e. The number of nitrogens with one attached hydrogen (secondary N) is 1. The monoisotopic (exact) mass is 307 g/mol. The first-order valence-electron chi connectivity index (χ1n) is 7.39. The molecule has 1 saturated heterocycles. The highest BCUT2D eigenvalue weighted by atomic mass is 16.3. The van der Waals surface area contributed by atoms with E-state index in [0.717, 1.165) is 16.7 Å². The molecule has 4 nitrogen and oxygen atoms in total. The lowest BCUT2D eigenvalue weighted by Gasteiger charge is -2.14. The number of carbonyl (C=O) groups is 2. The van der Waals surface area contributed by atoms with Crippen LogP contribution in [0.4, 0.5) is 0 Å². The van der Waals surface area contributed by atoms with Gasteiger partial charge in [0, 0.05) is 5.56 Å². The zero-order valence-corrected chi connectivity index (χ0v) is 13.0. The van der Waals surface area contributed by atoms with Crippen molar-refractivity contribution in [3.63, 3.8) is 0 Å². The van der Waals surface area contributed by atoms with Crippen LogP contribution in [0.1, 0.15) is 28.3 Å². The zero-order valence-electron chi connectivity index (χ0n) is 13.0. The fourth-order valence-electron chi connectivity index (χ4n) is 2.64. The third-order valence-corrected chi connectivity index (χ3v) is 4.01. The third kappa shape index (κ3) is 2.75. The Morgan fingerprint density at radius 2 is 1.43 bits per heavy atom. The van der Waals surface area contributed by atoms with Gasteiger partial charge in [0.25, 0.3) is 11.7 Å². The normalized spacial score (nSPS) is 19.7. The van der Waals surface area contributed by atoms with E-state index in [1.807, 2.05) is 50.2 Å². The molecule has 23 heavy (non-hydrogen) atoms. The summed E-state index contributed by atoms with van der Waals surface area (Å²) in [6, 6.07) is 14.1. The molecule has 1 atom stereocenters. The number of aliphatic hydroxyl groups is 1. The van der Waals surface area contributed by atoms with Crippen molar-refractivity contribution in [1.29, 1.82) is 0 Å². The third-order valence-electron chi connectivity index (χ3n) is 4.01. The maximum absolute atomic E-state index is 12.2. The second kappa shape index (κ2) is 5.72. The maximum atomic E-state index is 12.2. The number of benzene rings is 2. The van der Waals surface area contributed by atoms with Crippen LogP contribution in [0.25, 0.3) is 5.76 Å². The molecule has 0 spiro atoms. The Labute approximate surface area is 134 Å². The predicted octanol–water partition coefficient (Wildman–Crippen LogP) is 3.01. The highest BCUT2D eigenvalue weighted by Gasteiger charge is 2.39. The number of Topliss-reactive ketones (excluding diaryl/α,β-unsaturated/α-hetero) is 1. The first kappa shape index (κ1) is 15.0. The standard InChI is InChI=1S/C19H17NO3/c1-11-3-7-13(8-4-11)16-15(18(22)19(23)20-16)17(21)14-9-5-12(2)6-10-14/h3-10,16,21H,1-2H3,(H,20,23)/b17-15-. The Morgan fingerprint density at radius 3 is 2.00 bits per heavy atom. The summed E-state index contributed by atoms with van der Waals surface area (Å²) in [4.78, 5) is 24.0.